The Morgan fingerprint density at radius 3 is 1.22 bits per heavy atom. The monoisotopic (exact) mass is 678 g/mol. The Labute approximate surface area is 305 Å². The number of benzene rings is 2. The van der Waals surface area contributed by atoms with Crippen molar-refractivity contribution in [3.05, 3.63) is 71.8 Å². The Morgan fingerprint density at radius 1 is 0.449 bits per heavy atom. The molecule has 2 aromatic carbocycles. The lowest BCUT2D eigenvalue weighted by Crippen LogP contribution is -2.30. The average Bonchev–Trinajstić information content (AvgIpc) is 3.13. The van der Waals surface area contributed by atoms with Gasteiger partial charge >= 0.3 is 0 Å². The molecule has 0 aliphatic heterocycles. The molecule has 0 heterocycles. The van der Waals surface area contributed by atoms with E-state index in [9.17, 15) is 0 Å². The van der Waals surface area contributed by atoms with Crippen LogP contribution in [-0.4, -0.2) is 37.4 Å². The Kier molecular flexibility index (Phi) is 29.7. The highest BCUT2D eigenvalue weighted by atomic mass is 16.5. The van der Waals surface area contributed by atoms with E-state index in [0.29, 0.717) is 0 Å². The first kappa shape index (κ1) is 43.5. The smallest absolute Gasteiger partial charge is 0.0820 e. The van der Waals surface area contributed by atoms with Crippen molar-refractivity contribution in [3.8, 4) is 0 Å². The molecule has 3 heteroatoms. The standard InChI is InChI=1S/C46H79NO2/c1-3-5-7-9-11-13-14-15-16-17-18-19-20-22-24-32-40-49-46(43-48-39-31-23-21-12-10-8-6-4-2)37-38-47(41-44-33-27-25-28-34-44)42-45-35-29-26-30-36-45/h25-30,33-36,46H,3-24,31-32,37-43H2,1-2H3. The molecule has 0 amide bonds. The van der Waals surface area contributed by atoms with Crippen molar-refractivity contribution >= 4 is 0 Å². The van der Waals surface area contributed by atoms with Crippen LogP contribution in [-0.2, 0) is 22.6 Å². The molecule has 280 valence electrons. The summed E-state index contributed by atoms with van der Waals surface area (Å²) in [6.07, 6.45) is 34.3. The number of ether oxygens (including phenoxy) is 2. The van der Waals surface area contributed by atoms with Crippen molar-refractivity contribution in [2.45, 2.75) is 194 Å². The van der Waals surface area contributed by atoms with Gasteiger partial charge in [-0.05, 0) is 30.4 Å². The summed E-state index contributed by atoms with van der Waals surface area (Å²) in [5.74, 6) is 0. The molecule has 0 aromatic heterocycles. The average molecular weight is 678 g/mol. The van der Waals surface area contributed by atoms with E-state index in [1.165, 1.54) is 165 Å². The fourth-order valence-electron chi connectivity index (χ4n) is 6.89. The van der Waals surface area contributed by atoms with Crippen LogP contribution in [0.25, 0.3) is 0 Å². The van der Waals surface area contributed by atoms with Crippen molar-refractivity contribution in [2.75, 3.05) is 26.4 Å². The van der Waals surface area contributed by atoms with Gasteiger partial charge in [-0.3, -0.25) is 4.90 Å². The number of hydrogen-bond acceptors (Lipinski definition) is 3. The highest BCUT2D eigenvalue weighted by molar-refractivity contribution is 5.17. The van der Waals surface area contributed by atoms with E-state index >= 15 is 0 Å². The first-order valence-corrected chi connectivity index (χ1v) is 21.3. The molecule has 0 aliphatic carbocycles. The summed E-state index contributed by atoms with van der Waals surface area (Å²) in [6.45, 7) is 9.97. The second-order valence-corrected chi connectivity index (χ2v) is 14.8. The third-order valence-electron chi connectivity index (χ3n) is 10.1. The normalized spacial score (nSPS) is 12.2. The molecule has 1 atom stereocenters. The van der Waals surface area contributed by atoms with Crippen LogP contribution in [0.15, 0.2) is 60.7 Å². The molecule has 0 N–H and O–H groups in total. The van der Waals surface area contributed by atoms with Gasteiger partial charge in [0.25, 0.3) is 0 Å². The maximum Gasteiger partial charge on any atom is 0.0820 e. The first-order valence-electron chi connectivity index (χ1n) is 21.3. The van der Waals surface area contributed by atoms with Gasteiger partial charge in [0.05, 0.1) is 12.7 Å². The van der Waals surface area contributed by atoms with E-state index in [-0.39, 0.29) is 6.10 Å². The third-order valence-corrected chi connectivity index (χ3v) is 10.1. The van der Waals surface area contributed by atoms with Crippen molar-refractivity contribution in [3.63, 3.8) is 0 Å². The molecule has 2 aromatic rings. The van der Waals surface area contributed by atoms with Crippen LogP contribution in [0.5, 0.6) is 0 Å². The Hall–Kier alpha value is -1.68. The minimum atomic E-state index is 0.166. The Bertz CT molecular complexity index is 878. The molecule has 0 saturated heterocycles. The molecule has 0 bridgehead atoms. The summed E-state index contributed by atoms with van der Waals surface area (Å²) in [7, 11) is 0. The van der Waals surface area contributed by atoms with Gasteiger partial charge in [0.15, 0.2) is 0 Å². The first-order chi connectivity index (χ1) is 24.3. The molecule has 0 saturated carbocycles. The van der Waals surface area contributed by atoms with Crippen LogP contribution in [0, 0.1) is 0 Å². The number of nitrogens with zero attached hydrogens (tertiary/aromatic N) is 1. The minimum Gasteiger partial charge on any atom is -0.379 e. The number of hydrogen-bond donors (Lipinski definition) is 0. The van der Waals surface area contributed by atoms with Gasteiger partial charge < -0.3 is 9.47 Å². The van der Waals surface area contributed by atoms with Crippen LogP contribution >= 0.6 is 0 Å². The van der Waals surface area contributed by atoms with E-state index in [1.807, 2.05) is 0 Å². The molecule has 2 rings (SSSR count). The molecule has 1 unspecified atom stereocenters. The predicted octanol–water partition coefficient (Wildman–Crippen LogP) is 13.9. The fraction of sp³-hybridized carbons (Fsp3) is 0.739. The molecule has 3 nitrogen and oxygen atoms in total. The van der Waals surface area contributed by atoms with Gasteiger partial charge in [-0.1, -0.05) is 216 Å². The highest BCUT2D eigenvalue weighted by Gasteiger charge is 2.14. The summed E-state index contributed by atoms with van der Waals surface area (Å²) < 4.78 is 12.8. The van der Waals surface area contributed by atoms with Gasteiger partial charge in [0.2, 0.25) is 0 Å². The minimum absolute atomic E-state index is 0.166. The van der Waals surface area contributed by atoms with E-state index in [4.69, 9.17) is 9.47 Å². The van der Waals surface area contributed by atoms with Gasteiger partial charge in [0.1, 0.15) is 0 Å². The largest absolute Gasteiger partial charge is 0.379 e. The molecule has 0 fully saturated rings. The lowest BCUT2D eigenvalue weighted by molar-refractivity contribution is -0.0269. The fourth-order valence-corrected chi connectivity index (χ4v) is 6.89. The zero-order valence-electron chi connectivity index (χ0n) is 32.5. The Morgan fingerprint density at radius 2 is 0.816 bits per heavy atom. The van der Waals surface area contributed by atoms with Crippen LogP contribution < -0.4 is 0 Å². The van der Waals surface area contributed by atoms with Crippen molar-refractivity contribution < 1.29 is 9.47 Å². The van der Waals surface area contributed by atoms with Crippen LogP contribution in [0.4, 0.5) is 0 Å². The predicted molar refractivity (Wildman–Crippen MR) is 214 cm³/mol. The molecule has 0 radical (unpaired) electrons. The van der Waals surface area contributed by atoms with Crippen LogP contribution in [0.1, 0.15) is 185 Å². The van der Waals surface area contributed by atoms with Crippen molar-refractivity contribution in [1.82, 2.24) is 4.90 Å². The molecule has 0 aliphatic rings. The lowest BCUT2D eigenvalue weighted by Gasteiger charge is -2.26. The van der Waals surface area contributed by atoms with Crippen molar-refractivity contribution in [1.29, 1.82) is 0 Å². The lowest BCUT2D eigenvalue weighted by atomic mass is 10.0. The number of unbranched alkanes of at least 4 members (excludes halogenated alkanes) is 22. The third kappa shape index (κ3) is 26.8. The second-order valence-electron chi connectivity index (χ2n) is 14.8. The molecule has 0 spiro atoms. The maximum absolute atomic E-state index is 6.54. The number of rotatable bonds is 36. The highest BCUT2D eigenvalue weighted by Crippen LogP contribution is 2.16. The van der Waals surface area contributed by atoms with E-state index in [1.54, 1.807) is 0 Å². The zero-order chi connectivity index (χ0) is 34.7. The second kappa shape index (κ2) is 33.5. The molecular weight excluding hydrogens is 599 g/mol. The summed E-state index contributed by atoms with van der Waals surface area (Å²) in [5.41, 5.74) is 2.74. The van der Waals surface area contributed by atoms with Gasteiger partial charge in [0, 0.05) is 32.8 Å². The maximum atomic E-state index is 6.54. The summed E-state index contributed by atoms with van der Waals surface area (Å²) in [5, 5.41) is 0. The summed E-state index contributed by atoms with van der Waals surface area (Å²) >= 11 is 0. The molecular formula is C46H79NO2. The van der Waals surface area contributed by atoms with Crippen LogP contribution in [0.3, 0.4) is 0 Å². The van der Waals surface area contributed by atoms with Gasteiger partial charge in [-0.25, -0.2) is 0 Å². The van der Waals surface area contributed by atoms with Crippen molar-refractivity contribution in [2.24, 2.45) is 0 Å². The molecule has 49 heavy (non-hydrogen) atoms. The van der Waals surface area contributed by atoms with Crippen LogP contribution in [0.2, 0.25) is 0 Å². The zero-order valence-corrected chi connectivity index (χ0v) is 32.5. The summed E-state index contributed by atoms with van der Waals surface area (Å²) in [6, 6.07) is 21.8. The topological polar surface area (TPSA) is 21.7 Å². The SMILES string of the molecule is CCCCCCCCCCCCCCCCCCOC(CCN(Cc1ccccc1)Cc1ccccc1)COCCCCCCCCCC. The van der Waals surface area contributed by atoms with E-state index in [2.05, 4.69) is 79.4 Å². The van der Waals surface area contributed by atoms with E-state index in [0.717, 1.165) is 45.9 Å². The Balaban J connectivity index is 1.66. The van der Waals surface area contributed by atoms with E-state index < -0.39 is 0 Å². The quantitative estimate of drug-likeness (QED) is 0.0670. The van der Waals surface area contributed by atoms with Gasteiger partial charge in [-0.15, -0.1) is 0 Å². The summed E-state index contributed by atoms with van der Waals surface area (Å²) in [4.78, 5) is 2.58. The van der Waals surface area contributed by atoms with Gasteiger partial charge in [-0.2, -0.15) is 0 Å².